The van der Waals surface area contributed by atoms with Crippen LogP contribution in [0, 0.1) is 23.7 Å². The Morgan fingerprint density at radius 2 is 2.03 bits per heavy atom. The maximum absolute atomic E-state index is 11.1. The van der Waals surface area contributed by atoms with Crippen molar-refractivity contribution in [3.05, 3.63) is 24.0 Å². The minimum atomic E-state index is -0.423. The number of aliphatic hydroxyl groups is 1. The van der Waals surface area contributed by atoms with Crippen LogP contribution in [-0.4, -0.2) is 50.5 Å². The predicted molar refractivity (Wildman–Crippen MR) is 117 cm³/mol. The Labute approximate surface area is 177 Å². The third kappa shape index (κ3) is 2.39. The van der Waals surface area contributed by atoms with Gasteiger partial charge < -0.3 is 19.7 Å². The molecule has 2 atom stereocenters. The minimum absolute atomic E-state index is 0.162. The van der Waals surface area contributed by atoms with Gasteiger partial charge in [-0.3, -0.25) is 0 Å². The highest BCUT2D eigenvalue weighted by atomic mass is 16.5. The lowest BCUT2D eigenvalue weighted by Gasteiger charge is -2.58. The van der Waals surface area contributed by atoms with E-state index < -0.39 is 5.60 Å². The highest BCUT2D eigenvalue weighted by Crippen LogP contribution is 2.59. The van der Waals surface area contributed by atoms with Gasteiger partial charge in [0.05, 0.1) is 11.3 Å². The van der Waals surface area contributed by atoms with E-state index in [-0.39, 0.29) is 12.7 Å². The van der Waals surface area contributed by atoms with Crippen LogP contribution in [0.5, 0.6) is 0 Å². The number of hydrazone groups is 1. The van der Waals surface area contributed by atoms with E-state index in [0.717, 1.165) is 48.7 Å². The Balaban J connectivity index is 1.40. The van der Waals surface area contributed by atoms with Crippen LogP contribution >= 0.6 is 0 Å². The van der Waals surface area contributed by atoms with Crippen LogP contribution in [0.3, 0.4) is 0 Å². The molecule has 4 aliphatic carbocycles. The quantitative estimate of drug-likeness (QED) is 0.717. The molecule has 5 fully saturated rings. The van der Waals surface area contributed by atoms with Crippen LogP contribution in [-0.2, 0) is 4.65 Å². The summed E-state index contributed by atoms with van der Waals surface area (Å²) in [5, 5.41) is 17.6. The summed E-state index contributed by atoms with van der Waals surface area (Å²) in [6, 6.07) is 2.14. The lowest BCUT2D eigenvalue weighted by atomic mass is 9.48. The standard InChI is InChI=1S/C23H29BN4O2/c1-22(2)4-6-28-24(30-22)17-12-26-21-16(3-5-25-21)19(17)20(27-28)18-14-7-13-8-15(18)11-23(29,9-13)10-14/h3,5,12-15,18,29H,4,6-11H2,1-2H3,(H,25,26). The van der Waals surface area contributed by atoms with Gasteiger partial charge in [0.15, 0.2) is 0 Å². The van der Waals surface area contributed by atoms with Crippen LogP contribution in [0.15, 0.2) is 23.6 Å². The summed E-state index contributed by atoms with van der Waals surface area (Å²) < 4.78 is 6.53. The molecule has 6 nitrogen and oxygen atoms in total. The van der Waals surface area contributed by atoms with E-state index in [1.165, 1.54) is 24.1 Å². The summed E-state index contributed by atoms with van der Waals surface area (Å²) in [4.78, 5) is 10.2. The first-order valence-electron chi connectivity index (χ1n) is 11.6. The largest absolute Gasteiger partial charge is 0.471 e. The molecule has 1 saturated heterocycles. The van der Waals surface area contributed by atoms with Gasteiger partial charge >= 0.3 is 7.05 Å². The Bertz CT molecular complexity index is 1060. The Kier molecular flexibility index (Phi) is 3.37. The molecule has 0 spiro atoms. The lowest BCUT2D eigenvalue weighted by Crippen LogP contribution is -2.63. The highest BCUT2D eigenvalue weighted by molar-refractivity contribution is 6.68. The topological polar surface area (TPSA) is 73.7 Å². The number of pyridine rings is 1. The fourth-order valence-electron chi connectivity index (χ4n) is 7.60. The molecular formula is C23H29BN4O2. The van der Waals surface area contributed by atoms with Gasteiger partial charge in [0.2, 0.25) is 0 Å². The molecule has 2 N–H and O–H groups in total. The van der Waals surface area contributed by atoms with Crippen molar-refractivity contribution in [2.45, 2.75) is 63.6 Å². The molecule has 0 amide bonds. The molecule has 8 rings (SSSR count). The van der Waals surface area contributed by atoms with Gasteiger partial charge in [-0.15, -0.1) is 0 Å². The molecule has 2 unspecified atom stereocenters. The van der Waals surface area contributed by atoms with Crippen molar-refractivity contribution in [1.29, 1.82) is 0 Å². The maximum Gasteiger partial charge on any atom is 0.471 e. The van der Waals surface area contributed by atoms with Gasteiger partial charge in [0.25, 0.3) is 0 Å². The predicted octanol–water partition coefficient (Wildman–Crippen LogP) is 2.66. The molecule has 0 aromatic carbocycles. The van der Waals surface area contributed by atoms with E-state index in [1.807, 2.05) is 12.4 Å². The second kappa shape index (κ2) is 5.68. The summed E-state index contributed by atoms with van der Waals surface area (Å²) >= 11 is 0. The molecule has 2 aromatic rings. The fraction of sp³-hybridized carbons (Fsp3) is 0.652. The number of aromatic nitrogens is 2. The van der Waals surface area contributed by atoms with Crippen molar-refractivity contribution in [1.82, 2.24) is 14.9 Å². The second-order valence-corrected chi connectivity index (χ2v) is 11.2. The summed E-state index contributed by atoms with van der Waals surface area (Å²) in [5.74, 6) is 2.20. The molecule has 4 saturated carbocycles. The summed E-state index contributed by atoms with van der Waals surface area (Å²) in [7, 11) is -0.166. The first-order valence-corrected chi connectivity index (χ1v) is 11.6. The molecule has 0 radical (unpaired) electrons. The molecule has 4 heterocycles. The van der Waals surface area contributed by atoms with E-state index >= 15 is 0 Å². The van der Waals surface area contributed by atoms with Gasteiger partial charge in [-0.25, -0.2) is 4.98 Å². The average molecular weight is 404 g/mol. The van der Waals surface area contributed by atoms with Gasteiger partial charge in [0.1, 0.15) is 5.65 Å². The Morgan fingerprint density at radius 3 is 2.80 bits per heavy atom. The summed E-state index contributed by atoms with van der Waals surface area (Å²) in [5.41, 5.74) is 3.97. The van der Waals surface area contributed by atoms with E-state index in [1.54, 1.807) is 0 Å². The van der Waals surface area contributed by atoms with Crippen LogP contribution < -0.4 is 5.46 Å². The van der Waals surface area contributed by atoms with Gasteiger partial charge in [-0.2, -0.15) is 5.10 Å². The summed E-state index contributed by atoms with van der Waals surface area (Å²) in [6.07, 6.45) is 10.3. The normalized spacial score (nSPS) is 38.6. The lowest BCUT2D eigenvalue weighted by molar-refractivity contribution is -0.138. The maximum atomic E-state index is 11.1. The summed E-state index contributed by atoms with van der Waals surface area (Å²) in [6.45, 7) is 5.24. The third-order valence-corrected chi connectivity index (χ3v) is 8.58. The Hall–Kier alpha value is -1.86. The zero-order valence-electron chi connectivity index (χ0n) is 17.8. The molecule has 6 aliphatic rings. The van der Waals surface area contributed by atoms with Crippen molar-refractivity contribution >= 4 is 29.3 Å². The number of hydrogen-bond donors (Lipinski definition) is 2. The molecule has 156 valence electrons. The molecule has 2 aromatic heterocycles. The van der Waals surface area contributed by atoms with Crippen LogP contribution in [0.4, 0.5) is 0 Å². The number of rotatable bonds is 1. The monoisotopic (exact) mass is 404 g/mol. The smallest absolute Gasteiger partial charge is 0.407 e. The average Bonchev–Trinajstić information content (AvgIpc) is 3.15. The van der Waals surface area contributed by atoms with Gasteiger partial charge in [-0.05, 0) is 76.2 Å². The number of nitrogens with one attached hydrogen (secondary N) is 1. The zero-order chi connectivity index (χ0) is 20.3. The van der Waals surface area contributed by atoms with Crippen LogP contribution in [0.2, 0.25) is 0 Å². The fourth-order valence-corrected chi connectivity index (χ4v) is 7.60. The van der Waals surface area contributed by atoms with Crippen molar-refractivity contribution in [2.75, 3.05) is 6.54 Å². The first kappa shape index (κ1) is 17.8. The highest BCUT2D eigenvalue weighted by Gasteiger charge is 2.57. The van der Waals surface area contributed by atoms with Gasteiger partial charge in [0, 0.05) is 46.9 Å². The van der Waals surface area contributed by atoms with Crippen LogP contribution in [0.25, 0.3) is 11.0 Å². The van der Waals surface area contributed by atoms with E-state index in [4.69, 9.17) is 14.7 Å². The van der Waals surface area contributed by atoms with Crippen molar-refractivity contribution in [3.8, 4) is 0 Å². The number of H-pyrrole nitrogens is 1. The molecule has 4 bridgehead atoms. The first-order chi connectivity index (χ1) is 14.4. The second-order valence-electron chi connectivity index (χ2n) is 11.2. The van der Waals surface area contributed by atoms with Gasteiger partial charge in [-0.1, -0.05) is 0 Å². The van der Waals surface area contributed by atoms with Crippen LogP contribution in [0.1, 0.15) is 57.9 Å². The van der Waals surface area contributed by atoms with E-state index in [9.17, 15) is 5.11 Å². The molecule has 7 heteroatoms. The van der Waals surface area contributed by atoms with E-state index in [0.29, 0.717) is 23.7 Å². The zero-order valence-corrected chi connectivity index (χ0v) is 17.8. The minimum Gasteiger partial charge on any atom is -0.407 e. The van der Waals surface area contributed by atoms with Crippen molar-refractivity contribution in [3.63, 3.8) is 0 Å². The number of hydrogen-bond acceptors (Lipinski definition) is 5. The Morgan fingerprint density at radius 1 is 1.23 bits per heavy atom. The van der Waals surface area contributed by atoms with Crippen molar-refractivity contribution < 1.29 is 9.76 Å². The SMILES string of the molecule is CC1(C)CCN2N=C(C3C4CC5CC3CC(O)(C5)C4)c3c(cnc4[nH]ccc34)B2O1. The number of aromatic amines is 1. The molecular weight excluding hydrogens is 375 g/mol. The van der Waals surface area contributed by atoms with E-state index in [2.05, 4.69) is 29.8 Å². The van der Waals surface area contributed by atoms with Crippen molar-refractivity contribution in [2.24, 2.45) is 28.8 Å². The number of fused-ring (bicyclic) bond motifs is 5. The number of nitrogens with zero attached hydrogens (tertiary/aromatic N) is 3. The molecule has 30 heavy (non-hydrogen) atoms. The third-order valence-electron chi connectivity index (χ3n) is 8.58. The molecule has 2 aliphatic heterocycles.